The van der Waals surface area contributed by atoms with Crippen LogP contribution in [0, 0.1) is 0 Å². The SMILES string of the molecule is CC[C@@H](N)Cc1cccc2cc[nH]c12. The molecule has 3 N–H and O–H groups in total. The Hall–Kier alpha value is -1.28. The predicted octanol–water partition coefficient (Wildman–Crippen LogP) is 2.45. The Bertz CT molecular complexity index is 417. The van der Waals surface area contributed by atoms with E-state index in [0.29, 0.717) is 0 Å². The van der Waals surface area contributed by atoms with Crippen LogP contribution in [0.25, 0.3) is 10.9 Å². The van der Waals surface area contributed by atoms with Crippen LogP contribution in [0.2, 0.25) is 0 Å². The monoisotopic (exact) mass is 188 g/mol. The highest BCUT2D eigenvalue weighted by atomic mass is 14.7. The summed E-state index contributed by atoms with van der Waals surface area (Å²) in [5.74, 6) is 0. The standard InChI is InChI=1S/C12H16N2/c1-2-11(13)8-10-5-3-4-9-6-7-14-12(9)10/h3-7,11,14H,2,8,13H2,1H3/t11-/m1/s1. The molecule has 1 heterocycles. The Labute approximate surface area is 84.1 Å². The number of aromatic nitrogens is 1. The first-order valence-corrected chi connectivity index (χ1v) is 5.12. The van der Waals surface area contributed by atoms with Crippen molar-refractivity contribution in [3.63, 3.8) is 0 Å². The number of fused-ring (bicyclic) bond motifs is 1. The van der Waals surface area contributed by atoms with Crippen molar-refractivity contribution in [2.24, 2.45) is 5.73 Å². The van der Waals surface area contributed by atoms with Crippen LogP contribution >= 0.6 is 0 Å². The lowest BCUT2D eigenvalue weighted by molar-refractivity contribution is 0.648. The van der Waals surface area contributed by atoms with Gasteiger partial charge < -0.3 is 10.7 Å². The molecule has 2 rings (SSSR count). The van der Waals surface area contributed by atoms with Crippen LogP contribution in [0.15, 0.2) is 30.5 Å². The molecule has 0 aliphatic carbocycles. The van der Waals surface area contributed by atoms with Crippen LogP contribution in [0.5, 0.6) is 0 Å². The van der Waals surface area contributed by atoms with Crippen molar-refractivity contribution in [2.45, 2.75) is 25.8 Å². The second-order valence-electron chi connectivity index (χ2n) is 3.73. The van der Waals surface area contributed by atoms with Crippen LogP contribution < -0.4 is 5.73 Å². The van der Waals surface area contributed by atoms with E-state index in [4.69, 9.17) is 5.73 Å². The maximum Gasteiger partial charge on any atom is 0.0487 e. The zero-order valence-electron chi connectivity index (χ0n) is 8.46. The molecule has 0 spiro atoms. The second kappa shape index (κ2) is 3.84. The van der Waals surface area contributed by atoms with Crippen LogP contribution in [-0.2, 0) is 6.42 Å². The van der Waals surface area contributed by atoms with E-state index in [1.165, 1.54) is 16.5 Å². The van der Waals surface area contributed by atoms with Crippen molar-refractivity contribution in [3.8, 4) is 0 Å². The molecule has 0 saturated heterocycles. The van der Waals surface area contributed by atoms with Gasteiger partial charge in [0.15, 0.2) is 0 Å². The molecule has 0 fully saturated rings. The molecule has 2 heteroatoms. The molecule has 0 unspecified atom stereocenters. The number of hydrogen-bond donors (Lipinski definition) is 2. The highest BCUT2D eigenvalue weighted by Crippen LogP contribution is 2.18. The molecule has 1 aromatic carbocycles. The third-order valence-corrected chi connectivity index (χ3v) is 2.68. The Kier molecular flexibility index (Phi) is 2.55. The maximum atomic E-state index is 5.95. The number of nitrogens with two attached hydrogens (primary N) is 1. The van der Waals surface area contributed by atoms with Crippen molar-refractivity contribution in [1.29, 1.82) is 0 Å². The van der Waals surface area contributed by atoms with Gasteiger partial charge >= 0.3 is 0 Å². The molecule has 0 aliphatic rings. The van der Waals surface area contributed by atoms with Gasteiger partial charge in [0.25, 0.3) is 0 Å². The summed E-state index contributed by atoms with van der Waals surface area (Å²) >= 11 is 0. The number of H-pyrrole nitrogens is 1. The number of aromatic amines is 1. The zero-order chi connectivity index (χ0) is 9.97. The van der Waals surface area contributed by atoms with Gasteiger partial charge in [0, 0.05) is 17.8 Å². The smallest absolute Gasteiger partial charge is 0.0487 e. The first kappa shape index (κ1) is 9.28. The molecule has 14 heavy (non-hydrogen) atoms. The lowest BCUT2D eigenvalue weighted by atomic mass is 10.0. The maximum absolute atomic E-state index is 5.95. The summed E-state index contributed by atoms with van der Waals surface area (Å²) in [7, 11) is 0. The Morgan fingerprint density at radius 1 is 1.36 bits per heavy atom. The second-order valence-corrected chi connectivity index (χ2v) is 3.73. The summed E-state index contributed by atoms with van der Waals surface area (Å²) in [6, 6.07) is 8.72. The van der Waals surface area contributed by atoms with Crippen LogP contribution in [0.4, 0.5) is 0 Å². The summed E-state index contributed by atoms with van der Waals surface area (Å²) in [5.41, 5.74) is 8.50. The zero-order valence-corrected chi connectivity index (χ0v) is 8.46. The van der Waals surface area contributed by atoms with Gasteiger partial charge in [0.05, 0.1) is 0 Å². The lowest BCUT2D eigenvalue weighted by Gasteiger charge is -2.09. The van der Waals surface area contributed by atoms with Crippen molar-refractivity contribution >= 4 is 10.9 Å². The fourth-order valence-corrected chi connectivity index (χ4v) is 1.75. The molecule has 0 radical (unpaired) electrons. The van der Waals surface area contributed by atoms with E-state index in [2.05, 4.69) is 36.2 Å². The average molecular weight is 188 g/mol. The van der Waals surface area contributed by atoms with E-state index in [0.717, 1.165) is 12.8 Å². The Morgan fingerprint density at radius 2 is 2.21 bits per heavy atom. The molecule has 0 amide bonds. The van der Waals surface area contributed by atoms with Crippen molar-refractivity contribution in [3.05, 3.63) is 36.0 Å². The summed E-state index contributed by atoms with van der Waals surface area (Å²) in [6.45, 7) is 2.12. The van der Waals surface area contributed by atoms with E-state index < -0.39 is 0 Å². The fraction of sp³-hybridized carbons (Fsp3) is 0.333. The van der Waals surface area contributed by atoms with E-state index in [-0.39, 0.29) is 6.04 Å². The lowest BCUT2D eigenvalue weighted by Crippen LogP contribution is -2.21. The van der Waals surface area contributed by atoms with Crippen LogP contribution in [-0.4, -0.2) is 11.0 Å². The molecule has 0 aliphatic heterocycles. The van der Waals surface area contributed by atoms with Gasteiger partial charge in [-0.15, -0.1) is 0 Å². The number of benzene rings is 1. The van der Waals surface area contributed by atoms with Gasteiger partial charge in [-0.1, -0.05) is 25.1 Å². The molecule has 2 aromatic rings. The summed E-state index contributed by atoms with van der Waals surface area (Å²) in [4.78, 5) is 3.26. The largest absolute Gasteiger partial charge is 0.361 e. The van der Waals surface area contributed by atoms with Crippen molar-refractivity contribution < 1.29 is 0 Å². The van der Waals surface area contributed by atoms with Gasteiger partial charge in [0.1, 0.15) is 0 Å². The van der Waals surface area contributed by atoms with Gasteiger partial charge in [-0.2, -0.15) is 0 Å². The molecule has 1 aromatic heterocycles. The van der Waals surface area contributed by atoms with E-state index in [9.17, 15) is 0 Å². The van der Waals surface area contributed by atoms with Crippen LogP contribution in [0.3, 0.4) is 0 Å². The average Bonchev–Trinajstić information content (AvgIpc) is 2.66. The number of rotatable bonds is 3. The summed E-state index contributed by atoms with van der Waals surface area (Å²) in [6.07, 6.45) is 3.96. The number of hydrogen-bond acceptors (Lipinski definition) is 1. The highest BCUT2D eigenvalue weighted by Gasteiger charge is 2.05. The minimum Gasteiger partial charge on any atom is -0.361 e. The van der Waals surface area contributed by atoms with Crippen LogP contribution in [0.1, 0.15) is 18.9 Å². The van der Waals surface area contributed by atoms with Crippen molar-refractivity contribution in [2.75, 3.05) is 0 Å². The molecule has 0 saturated carbocycles. The Morgan fingerprint density at radius 3 is 3.00 bits per heavy atom. The fourth-order valence-electron chi connectivity index (χ4n) is 1.75. The molecular formula is C12H16N2. The number of para-hydroxylation sites is 1. The number of nitrogens with one attached hydrogen (secondary N) is 1. The molecular weight excluding hydrogens is 172 g/mol. The van der Waals surface area contributed by atoms with Gasteiger partial charge in [-0.05, 0) is 29.9 Å². The summed E-state index contributed by atoms with van der Waals surface area (Å²) in [5, 5.41) is 1.27. The molecule has 2 nitrogen and oxygen atoms in total. The van der Waals surface area contributed by atoms with Gasteiger partial charge in [-0.3, -0.25) is 0 Å². The normalized spacial score (nSPS) is 13.3. The molecule has 74 valence electrons. The highest BCUT2D eigenvalue weighted by molar-refractivity contribution is 5.82. The van der Waals surface area contributed by atoms with Gasteiger partial charge in [-0.25, -0.2) is 0 Å². The predicted molar refractivity (Wildman–Crippen MR) is 60.3 cm³/mol. The minimum absolute atomic E-state index is 0.268. The quantitative estimate of drug-likeness (QED) is 0.763. The molecule has 1 atom stereocenters. The minimum atomic E-state index is 0.268. The van der Waals surface area contributed by atoms with Crippen molar-refractivity contribution in [1.82, 2.24) is 4.98 Å². The van der Waals surface area contributed by atoms with Gasteiger partial charge in [0.2, 0.25) is 0 Å². The van der Waals surface area contributed by atoms with E-state index in [1.54, 1.807) is 0 Å². The third kappa shape index (κ3) is 1.66. The first-order chi connectivity index (χ1) is 6.81. The Balaban J connectivity index is 2.36. The molecule has 0 bridgehead atoms. The summed E-state index contributed by atoms with van der Waals surface area (Å²) < 4.78 is 0. The van der Waals surface area contributed by atoms with E-state index >= 15 is 0 Å². The van der Waals surface area contributed by atoms with E-state index in [1.807, 2.05) is 6.20 Å². The topological polar surface area (TPSA) is 41.8 Å². The third-order valence-electron chi connectivity index (χ3n) is 2.68. The first-order valence-electron chi connectivity index (χ1n) is 5.12.